The SMILES string of the molecule is CCOC(=O)C1CCCN(CC=Cc2ccc(N(C)C)cc2)C1. The van der Waals surface area contributed by atoms with Gasteiger partial charge in [-0.1, -0.05) is 24.3 Å². The smallest absolute Gasteiger partial charge is 0.310 e. The number of rotatable bonds is 6. The summed E-state index contributed by atoms with van der Waals surface area (Å²) in [5.74, 6) is -0.00284. The number of benzene rings is 1. The van der Waals surface area contributed by atoms with Crippen LogP contribution < -0.4 is 4.90 Å². The normalized spacial score (nSPS) is 19.0. The summed E-state index contributed by atoms with van der Waals surface area (Å²) in [5, 5.41) is 0. The Morgan fingerprint density at radius 3 is 2.74 bits per heavy atom. The standard InChI is InChI=1S/C19H28N2O2/c1-4-23-19(22)17-8-6-14-21(15-17)13-5-7-16-9-11-18(12-10-16)20(2)3/h5,7,9-12,17H,4,6,8,13-15H2,1-3H3. The zero-order valence-electron chi connectivity index (χ0n) is 14.5. The highest BCUT2D eigenvalue weighted by atomic mass is 16.5. The van der Waals surface area contributed by atoms with Gasteiger partial charge in [0.25, 0.3) is 0 Å². The van der Waals surface area contributed by atoms with Crippen molar-refractivity contribution in [3.8, 4) is 0 Å². The van der Waals surface area contributed by atoms with Gasteiger partial charge in [-0.15, -0.1) is 0 Å². The maximum absolute atomic E-state index is 11.9. The molecule has 0 radical (unpaired) electrons. The van der Waals surface area contributed by atoms with Crippen molar-refractivity contribution < 1.29 is 9.53 Å². The molecule has 0 aromatic heterocycles. The van der Waals surface area contributed by atoms with Crippen LogP contribution in [0.5, 0.6) is 0 Å². The van der Waals surface area contributed by atoms with Crippen molar-refractivity contribution in [3.63, 3.8) is 0 Å². The summed E-state index contributed by atoms with van der Waals surface area (Å²) in [5.41, 5.74) is 2.41. The Morgan fingerprint density at radius 2 is 2.09 bits per heavy atom. The molecule has 1 atom stereocenters. The number of ether oxygens (including phenoxy) is 1. The summed E-state index contributed by atoms with van der Waals surface area (Å²) in [4.78, 5) is 16.3. The van der Waals surface area contributed by atoms with Crippen molar-refractivity contribution in [1.82, 2.24) is 4.90 Å². The molecule has 4 heteroatoms. The number of nitrogens with zero attached hydrogens (tertiary/aromatic N) is 2. The number of hydrogen-bond acceptors (Lipinski definition) is 4. The number of hydrogen-bond donors (Lipinski definition) is 0. The van der Waals surface area contributed by atoms with Crippen LogP contribution in [-0.4, -0.2) is 51.2 Å². The van der Waals surface area contributed by atoms with E-state index in [1.165, 1.54) is 11.3 Å². The van der Waals surface area contributed by atoms with Crippen LogP contribution in [-0.2, 0) is 9.53 Å². The van der Waals surface area contributed by atoms with E-state index >= 15 is 0 Å². The van der Waals surface area contributed by atoms with Crippen LogP contribution in [0.1, 0.15) is 25.3 Å². The molecule has 1 fully saturated rings. The van der Waals surface area contributed by atoms with Gasteiger partial charge in [0, 0.05) is 32.9 Å². The molecule has 1 aliphatic rings. The van der Waals surface area contributed by atoms with Crippen LogP contribution in [0.4, 0.5) is 5.69 Å². The molecule has 1 unspecified atom stereocenters. The van der Waals surface area contributed by atoms with Crippen molar-refractivity contribution in [2.75, 3.05) is 45.2 Å². The number of likely N-dealkylation sites (tertiary alicyclic amines) is 1. The minimum absolute atomic E-state index is 0.0384. The third-order valence-electron chi connectivity index (χ3n) is 4.21. The van der Waals surface area contributed by atoms with Gasteiger partial charge in [0.2, 0.25) is 0 Å². The number of carbonyl (C=O) groups is 1. The zero-order chi connectivity index (χ0) is 16.7. The minimum atomic E-state index is -0.0412. The fourth-order valence-corrected chi connectivity index (χ4v) is 2.90. The monoisotopic (exact) mass is 316 g/mol. The molecule has 0 amide bonds. The molecule has 23 heavy (non-hydrogen) atoms. The first kappa shape index (κ1) is 17.5. The van der Waals surface area contributed by atoms with Crippen molar-refractivity contribution in [2.45, 2.75) is 19.8 Å². The highest BCUT2D eigenvalue weighted by molar-refractivity contribution is 5.72. The predicted octanol–water partition coefficient (Wildman–Crippen LogP) is 3.04. The van der Waals surface area contributed by atoms with Crippen molar-refractivity contribution >= 4 is 17.7 Å². The molecular weight excluding hydrogens is 288 g/mol. The molecule has 0 bridgehead atoms. The van der Waals surface area contributed by atoms with E-state index in [2.05, 4.69) is 46.2 Å². The second kappa shape index (κ2) is 8.73. The van der Waals surface area contributed by atoms with Gasteiger partial charge in [0.05, 0.1) is 12.5 Å². The van der Waals surface area contributed by atoms with Gasteiger partial charge in [0.15, 0.2) is 0 Å². The molecule has 0 aliphatic carbocycles. The van der Waals surface area contributed by atoms with Gasteiger partial charge >= 0.3 is 5.97 Å². The van der Waals surface area contributed by atoms with E-state index in [0.717, 1.165) is 32.5 Å². The second-order valence-corrected chi connectivity index (χ2v) is 6.24. The Balaban J connectivity index is 1.83. The molecule has 126 valence electrons. The Kier molecular flexibility index (Phi) is 6.66. The van der Waals surface area contributed by atoms with Gasteiger partial charge in [-0.2, -0.15) is 0 Å². The van der Waals surface area contributed by atoms with Crippen molar-refractivity contribution in [1.29, 1.82) is 0 Å². The summed E-state index contributed by atoms with van der Waals surface area (Å²) in [6, 6.07) is 8.50. The van der Waals surface area contributed by atoms with E-state index in [4.69, 9.17) is 4.74 Å². The van der Waals surface area contributed by atoms with Crippen LogP contribution in [0.3, 0.4) is 0 Å². The second-order valence-electron chi connectivity index (χ2n) is 6.24. The number of carbonyl (C=O) groups excluding carboxylic acids is 1. The van der Waals surface area contributed by atoms with Gasteiger partial charge in [0.1, 0.15) is 0 Å². The third-order valence-corrected chi connectivity index (χ3v) is 4.21. The third kappa shape index (κ3) is 5.39. The quantitative estimate of drug-likeness (QED) is 0.755. The molecule has 1 saturated heterocycles. The Hall–Kier alpha value is -1.81. The molecule has 1 heterocycles. The summed E-state index contributed by atoms with van der Waals surface area (Å²) in [6.07, 6.45) is 6.34. The van der Waals surface area contributed by atoms with Gasteiger partial charge < -0.3 is 9.64 Å². The van der Waals surface area contributed by atoms with Gasteiger partial charge in [-0.3, -0.25) is 9.69 Å². The lowest BCUT2D eigenvalue weighted by Gasteiger charge is -2.30. The average molecular weight is 316 g/mol. The molecule has 1 aliphatic heterocycles. The van der Waals surface area contributed by atoms with Crippen LogP contribution in [0.2, 0.25) is 0 Å². The van der Waals surface area contributed by atoms with E-state index < -0.39 is 0 Å². The van der Waals surface area contributed by atoms with E-state index in [0.29, 0.717) is 6.61 Å². The van der Waals surface area contributed by atoms with Crippen molar-refractivity contribution in [3.05, 3.63) is 35.9 Å². The summed E-state index contributed by atoms with van der Waals surface area (Å²) >= 11 is 0. The van der Waals surface area contributed by atoms with Crippen molar-refractivity contribution in [2.24, 2.45) is 5.92 Å². The first-order valence-corrected chi connectivity index (χ1v) is 8.43. The zero-order valence-corrected chi connectivity index (χ0v) is 14.5. The molecule has 0 N–H and O–H groups in total. The first-order chi connectivity index (χ1) is 11.1. The maximum Gasteiger partial charge on any atom is 0.310 e. The lowest BCUT2D eigenvalue weighted by atomic mass is 9.98. The summed E-state index contributed by atoms with van der Waals surface area (Å²) in [6.45, 7) is 5.08. The van der Waals surface area contributed by atoms with Crippen LogP contribution in [0.15, 0.2) is 30.3 Å². The molecule has 4 nitrogen and oxygen atoms in total. The first-order valence-electron chi connectivity index (χ1n) is 8.43. The number of piperidine rings is 1. The Labute approximate surface area is 139 Å². The van der Waals surface area contributed by atoms with E-state index in [1.54, 1.807) is 0 Å². The van der Waals surface area contributed by atoms with Gasteiger partial charge in [-0.25, -0.2) is 0 Å². The lowest BCUT2D eigenvalue weighted by Crippen LogP contribution is -2.39. The van der Waals surface area contributed by atoms with E-state index in [-0.39, 0.29) is 11.9 Å². The fourth-order valence-electron chi connectivity index (χ4n) is 2.90. The Morgan fingerprint density at radius 1 is 1.35 bits per heavy atom. The summed E-state index contributed by atoms with van der Waals surface area (Å²) < 4.78 is 5.15. The molecular formula is C19H28N2O2. The summed E-state index contributed by atoms with van der Waals surface area (Å²) in [7, 11) is 4.09. The molecule has 0 saturated carbocycles. The predicted molar refractivity (Wildman–Crippen MR) is 95.6 cm³/mol. The van der Waals surface area contributed by atoms with Crippen LogP contribution in [0.25, 0.3) is 6.08 Å². The minimum Gasteiger partial charge on any atom is -0.466 e. The molecule has 2 rings (SSSR count). The molecule has 0 spiro atoms. The largest absolute Gasteiger partial charge is 0.466 e. The topological polar surface area (TPSA) is 32.8 Å². The lowest BCUT2D eigenvalue weighted by molar-refractivity contribution is -0.149. The Bertz CT molecular complexity index is 523. The molecule has 1 aromatic carbocycles. The number of esters is 1. The maximum atomic E-state index is 11.9. The number of anilines is 1. The average Bonchev–Trinajstić information content (AvgIpc) is 2.56. The van der Waals surface area contributed by atoms with Gasteiger partial charge in [-0.05, 0) is 44.0 Å². The molecule has 1 aromatic rings. The van der Waals surface area contributed by atoms with Crippen LogP contribution >= 0.6 is 0 Å². The van der Waals surface area contributed by atoms with E-state index in [1.807, 2.05) is 21.0 Å². The van der Waals surface area contributed by atoms with E-state index in [9.17, 15) is 4.79 Å². The van der Waals surface area contributed by atoms with Crippen LogP contribution in [0, 0.1) is 5.92 Å². The fraction of sp³-hybridized carbons (Fsp3) is 0.526. The highest BCUT2D eigenvalue weighted by Gasteiger charge is 2.25. The highest BCUT2D eigenvalue weighted by Crippen LogP contribution is 2.18.